The third kappa shape index (κ3) is 4.30. The fraction of sp³-hybridized carbons (Fsp3) is 0.211. The Morgan fingerprint density at radius 1 is 1.14 bits per heavy atom. The largest absolute Gasteiger partial charge is 0.287 e. The molecule has 1 atom stereocenters. The molecule has 3 heteroatoms. The van der Waals surface area contributed by atoms with Gasteiger partial charge in [0.25, 0.3) is 5.91 Å². The van der Waals surface area contributed by atoms with Crippen LogP contribution in [-0.4, -0.2) is 5.91 Å². The van der Waals surface area contributed by atoms with Crippen LogP contribution in [0.5, 0.6) is 0 Å². The quantitative estimate of drug-likeness (QED) is 0.602. The number of amides is 1. The topological polar surface area (TPSA) is 41.1 Å². The van der Waals surface area contributed by atoms with Gasteiger partial charge in [-0.2, -0.15) is 0 Å². The van der Waals surface area contributed by atoms with Crippen molar-refractivity contribution in [1.29, 1.82) is 0 Å². The summed E-state index contributed by atoms with van der Waals surface area (Å²) in [7, 11) is 0. The third-order valence-corrected chi connectivity index (χ3v) is 3.59. The second-order valence-electron chi connectivity index (χ2n) is 5.14. The number of hydrogen-bond donors (Lipinski definition) is 2. The van der Waals surface area contributed by atoms with E-state index in [-0.39, 0.29) is 11.9 Å². The van der Waals surface area contributed by atoms with Crippen LogP contribution in [0.1, 0.15) is 40.9 Å². The fourth-order valence-electron chi connectivity index (χ4n) is 2.25. The molecule has 2 aromatic carbocycles. The molecule has 0 aliphatic carbocycles. The lowest BCUT2D eigenvalue weighted by Gasteiger charge is -2.18. The van der Waals surface area contributed by atoms with Gasteiger partial charge >= 0.3 is 0 Å². The minimum Gasteiger partial charge on any atom is -0.287 e. The average molecular weight is 294 g/mol. The summed E-state index contributed by atoms with van der Waals surface area (Å²) in [5.41, 5.74) is 8.94. The van der Waals surface area contributed by atoms with Crippen LogP contribution >= 0.6 is 0 Å². The Hall–Kier alpha value is -2.39. The first kappa shape index (κ1) is 16.0. The third-order valence-electron chi connectivity index (χ3n) is 3.59. The van der Waals surface area contributed by atoms with E-state index in [1.54, 1.807) is 12.1 Å². The molecule has 2 aromatic rings. The summed E-state index contributed by atoms with van der Waals surface area (Å²) < 4.78 is 0. The highest BCUT2D eigenvalue weighted by Crippen LogP contribution is 2.17. The SMILES string of the molecule is C=CCC(NNC(=O)c1ccccc1)c1ccc(CC)cc1. The van der Waals surface area contributed by atoms with Crippen molar-refractivity contribution in [2.75, 3.05) is 0 Å². The van der Waals surface area contributed by atoms with Gasteiger partial charge in [0.05, 0.1) is 6.04 Å². The normalized spacial score (nSPS) is 11.7. The van der Waals surface area contributed by atoms with Gasteiger partial charge in [0.15, 0.2) is 0 Å². The number of carbonyl (C=O) groups is 1. The Balaban J connectivity index is 2.02. The smallest absolute Gasteiger partial charge is 0.265 e. The molecule has 0 aliphatic heterocycles. The molecule has 22 heavy (non-hydrogen) atoms. The lowest BCUT2D eigenvalue weighted by atomic mass is 10.0. The first-order valence-electron chi connectivity index (χ1n) is 7.55. The van der Waals surface area contributed by atoms with E-state index < -0.39 is 0 Å². The standard InChI is InChI=1S/C19H22N2O/c1-3-8-18(16-13-11-15(4-2)12-14-16)20-21-19(22)17-9-6-5-7-10-17/h3,5-7,9-14,18,20H,1,4,8H2,2H3,(H,21,22). The zero-order valence-electron chi connectivity index (χ0n) is 12.9. The summed E-state index contributed by atoms with van der Waals surface area (Å²) in [6, 6.07) is 17.6. The second-order valence-corrected chi connectivity index (χ2v) is 5.14. The van der Waals surface area contributed by atoms with Crippen LogP contribution in [0.4, 0.5) is 0 Å². The summed E-state index contributed by atoms with van der Waals surface area (Å²) in [5, 5.41) is 0. The summed E-state index contributed by atoms with van der Waals surface area (Å²) in [5.74, 6) is -0.139. The zero-order chi connectivity index (χ0) is 15.8. The Morgan fingerprint density at radius 2 is 1.82 bits per heavy atom. The molecule has 0 bridgehead atoms. The molecule has 0 radical (unpaired) electrons. The van der Waals surface area contributed by atoms with Gasteiger partial charge in [-0.25, -0.2) is 5.43 Å². The molecule has 3 nitrogen and oxygen atoms in total. The molecule has 0 fully saturated rings. The lowest BCUT2D eigenvalue weighted by Crippen LogP contribution is -2.39. The molecule has 114 valence electrons. The minimum absolute atomic E-state index is 0.0102. The monoisotopic (exact) mass is 294 g/mol. The van der Waals surface area contributed by atoms with Crippen LogP contribution in [-0.2, 0) is 6.42 Å². The van der Waals surface area contributed by atoms with Gasteiger partial charge in [-0.1, -0.05) is 55.5 Å². The molecule has 2 N–H and O–H groups in total. The van der Waals surface area contributed by atoms with Gasteiger partial charge < -0.3 is 0 Å². The number of rotatable bonds is 7. The molecule has 0 saturated heterocycles. The molecular formula is C19H22N2O. The highest BCUT2D eigenvalue weighted by atomic mass is 16.2. The summed E-state index contributed by atoms with van der Waals surface area (Å²) >= 11 is 0. The molecule has 2 rings (SSSR count). The van der Waals surface area contributed by atoms with Crippen molar-refractivity contribution in [3.8, 4) is 0 Å². The van der Waals surface area contributed by atoms with Crippen molar-refractivity contribution >= 4 is 5.91 Å². The van der Waals surface area contributed by atoms with Gasteiger partial charge in [-0.15, -0.1) is 6.58 Å². The van der Waals surface area contributed by atoms with Crippen molar-refractivity contribution < 1.29 is 4.79 Å². The fourth-order valence-corrected chi connectivity index (χ4v) is 2.25. The maximum Gasteiger partial charge on any atom is 0.265 e. The number of nitrogens with one attached hydrogen (secondary N) is 2. The maximum absolute atomic E-state index is 12.1. The van der Waals surface area contributed by atoms with E-state index in [4.69, 9.17) is 0 Å². The van der Waals surface area contributed by atoms with Gasteiger partial charge in [0.2, 0.25) is 0 Å². The predicted molar refractivity (Wildman–Crippen MR) is 90.4 cm³/mol. The molecule has 1 amide bonds. The molecule has 0 aliphatic rings. The van der Waals surface area contributed by atoms with Crippen LogP contribution < -0.4 is 10.9 Å². The van der Waals surface area contributed by atoms with E-state index in [0.29, 0.717) is 5.56 Å². The van der Waals surface area contributed by atoms with Crippen molar-refractivity contribution in [3.05, 3.63) is 83.9 Å². The Labute approximate surface area is 132 Å². The van der Waals surface area contributed by atoms with Gasteiger partial charge in [-0.3, -0.25) is 10.2 Å². The van der Waals surface area contributed by atoms with Gasteiger partial charge in [0, 0.05) is 5.56 Å². The molecule has 0 saturated carbocycles. The van der Waals surface area contributed by atoms with Crippen LogP contribution in [0.3, 0.4) is 0 Å². The Morgan fingerprint density at radius 3 is 2.41 bits per heavy atom. The molecular weight excluding hydrogens is 272 g/mol. The van der Waals surface area contributed by atoms with E-state index in [1.165, 1.54) is 5.56 Å². The molecule has 0 spiro atoms. The van der Waals surface area contributed by atoms with E-state index in [0.717, 1.165) is 18.4 Å². The van der Waals surface area contributed by atoms with Crippen LogP contribution in [0.2, 0.25) is 0 Å². The Bertz CT molecular complexity index is 605. The number of hydrogen-bond acceptors (Lipinski definition) is 2. The minimum atomic E-state index is -0.139. The Kier molecular flexibility index (Phi) is 5.92. The van der Waals surface area contributed by atoms with Crippen molar-refractivity contribution in [1.82, 2.24) is 10.9 Å². The maximum atomic E-state index is 12.1. The number of hydrazine groups is 1. The van der Waals surface area contributed by atoms with Crippen molar-refractivity contribution in [3.63, 3.8) is 0 Å². The molecule has 1 unspecified atom stereocenters. The second kappa shape index (κ2) is 8.15. The first-order chi connectivity index (χ1) is 10.7. The number of benzene rings is 2. The molecule has 0 heterocycles. The van der Waals surface area contributed by atoms with E-state index in [2.05, 4.69) is 48.6 Å². The zero-order valence-corrected chi connectivity index (χ0v) is 12.9. The highest BCUT2D eigenvalue weighted by Gasteiger charge is 2.11. The van der Waals surface area contributed by atoms with E-state index in [1.807, 2.05) is 24.3 Å². The van der Waals surface area contributed by atoms with E-state index in [9.17, 15) is 4.79 Å². The van der Waals surface area contributed by atoms with Gasteiger partial charge in [0.1, 0.15) is 0 Å². The predicted octanol–water partition coefficient (Wildman–Crippen LogP) is 3.80. The van der Waals surface area contributed by atoms with Crippen molar-refractivity contribution in [2.45, 2.75) is 25.8 Å². The summed E-state index contributed by atoms with van der Waals surface area (Å²) in [6.07, 6.45) is 3.60. The number of carbonyl (C=O) groups excluding carboxylic acids is 1. The van der Waals surface area contributed by atoms with Crippen molar-refractivity contribution in [2.24, 2.45) is 0 Å². The molecule has 0 aromatic heterocycles. The highest BCUT2D eigenvalue weighted by molar-refractivity contribution is 5.93. The van der Waals surface area contributed by atoms with Gasteiger partial charge in [-0.05, 0) is 36.1 Å². The first-order valence-corrected chi connectivity index (χ1v) is 7.55. The number of aryl methyl sites for hydroxylation is 1. The summed E-state index contributed by atoms with van der Waals surface area (Å²) in [6.45, 7) is 5.93. The van der Waals surface area contributed by atoms with Crippen LogP contribution in [0.15, 0.2) is 67.3 Å². The average Bonchev–Trinajstić information content (AvgIpc) is 2.59. The summed E-state index contributed by atoms with van der Waals surface area (Å²) in [4.78, 5) is 12.1. The van der Waals surface area contributed by atoms with E-state index >= 15 is 0 Å². The van der Waals surface area contributed by atoms with Crippen LogP contribution in [0, 0.1) is 0 Å². The lowest BCUT2D eigenvalue weighted by molar-refractivity contribution is 0.0925. The van der Waals surface area contributed by atoms with Crippen LogP contribution in [0.25, 0.3) is 0 Å².